The zero-order valence-electron chi connectivity index (χ0n) is 11.2. The first-order chi connectivity index (χ1) is 10.2. The number of benzene rings is 2. The molecule has 0 aliphatic heterocycles. The Morgan fingerprint density at radius 1 is 0.905 bits per heavy atom. The van der Waals surface area contributed by atoms with E-state index < -0.39 is 0 Å². The zero-order valence-corrected chi connectivity index (χ0v) is 12.0. The van der Waals surface area contributed by atoms with Crippen molar-refractivity contribution in [1.82, 2.24) is 0 Å². The number of anilines is 2. The van der Waals surface area contributed by atoms with Crippen molar-refractivity contribution in [2.75, 3.05) is 11.5 Å². The number of nitrogens with two attached hydrogens (primary N) is 2. The first-order valence-corrected chi connectivity index (χ1v) is 7.30. The molecule has 0 saturated heterocycles. The highest BCUT2D eigenvalue weighted by molar-refractivity contribution is 7.14. The van der Waals surface area contributed by atoms with Gasteiger partial charge in [0.15, 0.2) is 0 Å². The molecule has 21 heavy (non-hydrogen) atoms. The van der Waals surface area contributed by atoms with Crippen LogP contribution >= 0.6 is 11.3 Å². The van der Waals surface area contributed by atoms with Crippen molar-refractivity contribution < 1.29 is 0 Å². The van der Waals surface area contributed by atoms with Gasteiger partial charge in [-0.1, -0.05) is 30.3 Å². The number of nitrogens with zero attached hydrogens (tertiary/aromatic N) is 1. The van der Waals surface area contributed by atoms with Crippen LogP contribution < -0.4 is 11.5 Å². The fourth-order valence-electron chi connectivity index (χ4n) is 2.26. The number of hydrogen-bond donors (Lipinski definition) is 2. The second kappa shape index (κ2) is 5.31. The molecular formula is C17H13N3S. The molecule has 4 heteroatoms. The van der Waals surface area contributed by atoms with Crippen LogP contribution in [0.4, 0.5) is 11.4 Å². The molecule has 2 aromatic carbocycles. The first kappa shape index (κ1) is 13.2. The third-order valence-corrected chi connectivity index (χ3v) is 4.30. The molecule has 0 saturated carbocycles. The molecule has 0 spiro atoms. The summed E-state index contributed by atoms with van der Waals surface area (Å²) < 4.78 is 0. The summed E-state index contributed by atoms with van der Waals surface area (Å²) >= 11 is 1.62. The predicted molar refractivity (Wildman–Crippen MR) is 88.7 cm³/mol. The molecule has 0 unspecified atom stereocenters. The monoisotopic (exact) mass is 291 g/mol. The van der Waals surface area contributed by atoms with Crippen molar-refractivity contribution in [3.8, 4) is 27.6 Å². The molecule has 3 nitrogen and oxygen atoms in total. The molecule has 0 fully saturated rings. The third kappa shape index (κ3) is 2.47. The summed E-state index contributed by atoms with van der Waals surface area (Å²) in [5, 5.41) is 11.2. The second-order valence-corrected chi connectivity index (χ2v) is 5.62. The molecule has 0 radical (unpaired) electrons. The van der Waals surface area contributed by atoms with Crippen LogP contribution in [0.15, 0.2) is 53.9 Å². The van der Waals surface area contributed by atoms with Crippen molar-refractivity contribution in [3.05, 3.63) is 59.5 Å². The fraction of sp³-hybridized carbons (Fsp3) is 0. The van der Waals surface area contributed by atoms with Gasteiger partial charge in [-0.3, -0.25) is 0 Å². The van der Waals surface area contributed by atoms with Crippen molar-refractivity contribution in [3.63, 3.8) is 0 Å². The van der Waals surface area contributed by atoms with Gasteiger partial charge in [-0.25, -0.2) is 0 Å². The van der Waals surface area contributed by atoms with Gasteiger partial charge >= 0.3 is 0 Å². The van der Waals surface area contributed by atoms with Crippen LogP contribution in [-0.4, -0.2) is 0 Å². The van der Waals surface area contributed by atoms with Crippen LogP contribution in [0.5, 0.6) is 0 Å². The molecule has 0 atom stereocenters. The van der Waals surface area contributed by atoms with Gasteiger partial charge in [0, 0.05) is 5.69 Å². The van der Waals surface area contributed by atoms with Gasteiger partial charge in [-0.15, -0.1) is 11.3 Å². The number of nitrogen functional groups attached to an aromatic ring is 2. The normalized spacial score (nSPS) is 10.2. The maximum atomic E-state index is 9.22. The van der Waals surface area contributed by atoms with E-state index in [2.05, 4.69) is 6.07 Å². The first-order valence-electron chi connectivity index (χ1n) is 6.42. The summed E-state index contributed by atoms with van der Waals surface area (Å²) in [6.07, 6.45) is 0. The standard InChI is InChI=1S/C17H13N3S/c18-10-13-9-14(19)5-6-15(13)11-1-3-12(4-2-11)17-16(20)7-8-21-17/h1-9H,19-20H2. The lowest BCUT2D eigenvalue weighted by Crippen LogP contribution is -1.90. The van der Waals surface area contributed by atoms with E-state index in [1.165, 1.54) is 0 Å². The second-order valence-electron chi connectivity index (χ2n) is 4.70. The number of thiophene rings is 1. The highest BCUT2D eigenvalue weighted by Gasteiger charge is 2.07. The largest absolute Gasteiger partial charge is 0.399 e. The van der Waals surface area contributed by atoms with E-state index in [1.807, 2.05) is 41.8 Å². The number of hydrogen-bond acceptors (Lipinski definition) is 4. The summed E-state index contributed by atoms with van der Waals surface area (Å²) in [6, 6.07) is 17.5. The maximum Gasteiger partial charge on any atom is 0.0998 e. The predicted octanol–water partition coefficient (Wildman–Crippen LogP) is 4.12. The smallest absolute Gasteiger partial charge is 0.0998 e. The van der Waals surface area contributed by atoms with E-state index in [9.17, 15) is 5.26 Å². The van der Waals surface area contributed by atoms with Crippen LogP contribution in [0.1, 0.15) is 5.56 Å². The zero-order chi connectivity index (χ0) is 14.8. The SMILES string of the molecule is N#Cc1cc(N)ccc1-c1ccc(-c2sccc2N)cc1. The van der Waals surface area contributed by atoms with Gasteiger partial charge in [0.1, 0.15) is 0 Å². The van der Waals surface area contributed by atoms with E-state index in [-0.39, 0.29) is 0 Å². The molecule has 0 bridgehead atoms. The molecule has 1 aromatic heterocycles. The van der Waals surface area contributed by atoms with E-state index in [1.54, 1.807) is 23.5 Å². The third-order valence-electron chi connectivity index (χ3n) is 3.32. The minimum atomic E-state index is 0.582. The Labute approximate surface area is 127 Å². The Bertz CT molecular complexity index is 826. The van der Waals surface area contributed by atoms with Gasteiger partial charge < -0.3 is 11.5 Å². The van der Waals surface area contributed by atoms with E-state index in [0.717, 1.165) is 27.3 Å². The van der Waals surface area contributed by atoms with Gasteiger partial charge in [0.25, 0.3) is 0 Å². The maximum absolute atomic E-state index is 9.22. The van der Waals surface area contributed by atoms with E-state index in [4.69, 9.17) is 11.5 Å². The lowest BCUT2D eigenvalue weighted by atomic mass is 9.98. The van der Waals surface area contributed by atoms with Crippen LogP contribution in [0, 0.1) is 11.3 Å². The Morgan fingerprint density at radius 3 is 2.24 bits per heavy atom. The Balaban J connectivity index is 2.03. The van der Waals surface area contributed by atoms with E-state index >= 15 is 0 Å². The van der Waals surface area contributed by atoms with Gasteiger partial charge in [0.2, 0.25) is 0 Å². The summed E-state index contributed by atoms with van der Waals surface area (Å²) in [7, 11) is 0. The highest BCUT2D eigenvalue weighted by atomic mass is 32.1. The van der Waals surface area contributed by atoms with Crippen LogP contribution in [0.2, 0.25) is 0 Å². The van der Waals surface area contributed by atoms with Gasteiger partial charge in [0.05, 0.1) is 22.2 Å². The van der Waals surface area contributed by atoms with Gasteiger partial charge in [-0.05, 0) is 40.3 Å². The van der Waals surface area contributed by atoms with Crippen molar-refractivity contribution in [2.24, 2.45) is 0 Å². The molecule has 0 aliphatic carbocycles. The van der Waals surface area contributed by atoms with Crippen molar-refractivity contribution in [1.29, 1.82) is 5.26 Å². The molecule has 0 amide bonds. The number of nitriles is 1. The highest BCUT2D eigenvalue weighted by Crippen LogP contribution is 2.33. The quantitative estimate of drug-likeness (QED) is 0.697. The van der Waals surface area contributed by atoms with Crippen LogP contribution in [0.3, 0.4) is 0 Å². The Hall–Kier alpha value is -2.77. The molecule has 3 rings (SSSR count). The molecule has 102 valence electrons. The van der Waals surface area contributed by atoms with Gasteiger partial charge in [-0.2, -0.15) is 5.26 Å². The number of rotatable bonds is 2. The fourth-order valence-corrected chi connectivity index (χ4v) is 3.09. The summed E-state index contributed by atoms with van der Waals surface area (Å²) in [5.41, 5.74) is 16.6. The summed E-state index contributed by atoms with van der Waals surface area (Å²) in [5.74, 6) is 0. The average molecular weight is 291 g/mol. The molecule has 4 N–H and O–H groups in total. The lowest BCUT2D eigenvalue weighted by molar-refractivity contribution is 1.48. The van der Waals surface area contributed by atoms with Crippen molar-refractivity contribution >= 4 is 22.7 Å². The van der Waals surface area contributed by atoms with Crippen LogP contribution in [0.25, 0.3) is 21.6 Å². The molecule has 0 aliphatic rings. The minimum absolute atomic E-state index is 0.582. The molecular weight excluding hydrogens is 278 g/mol. The molecule has 3 aromatic rings. The minimum Gasteiger partial charge on any atom is -0.399 e. The Morgan fingerprint density at radius 2 is 1.62 bits per heavy atom. The molecule has 1 heterocycles. The Kier molecular flexibility index (Phi) is 3.35. The lowest BCUT2D eigenvalue weighted by Gasteiger charge is -2.07. The van der Waals surface area contributed by atoms with Crippen molar-refractivity contribution in [2.45, 2.75) is 0 Å². The topological polar surface area (TPSA) is 75.8 Å². The average Bonchev–Trinajstić information content (AvgIpc) is 2.93. The summed E-state index contributed by atoms with van der Waals surface area (Å²) in [6.45, 7) is 0. The summed E-state index contributed by atoms with van der Waals surface area (Å²) in [4.78, 5) is 1.07. The van der Waals surface area contributed by atoms with Crippen LogP contribution in [-0.2, 0) is 0 Å². The van der Waals surface area contributed by atoms with E-state index in [0.29, 0.717) is 11.3 Å².